The van der Waals surface area contributed by atoms with Crippen LogP contribution < -0.4 is 5.32 Å². The fourth-order valence-electron chi connectivity index (χ4n) is 1.86. The number of carbonyl (C=O) groups excluding carboxylic acids is 2. The Labute approximate surface area is 145 Å². The molecule has 25 heavy (non-hydrogen) atoms. The number of esters is 1. The highest BCUT2D eigenvalue weighted by atomic mass is 32.2. The van der Waals surface area contributed by atoms with Crippen LogP contribution in [0.5, 0.6) is 0 Å². The molecular formula is C16H18N2O6S. The first-order chi connectivity index (χ1) is 11.7. The van der Waals surface area contributed by atoms with Gasteiger partial charge in [-0.2, -0.15) is 0 Å². The fourth-order valence-corrected chi connectivity index (χ4v) is 2.77. The number of nitrogens with zero attached hydrogens (tertiary/aromatic N) is 1. The Bertz CT molecular complexity index is 868. The molecule has 0 atom stereocenters. The summed E-state index contributed by atoms with van der Waals surface area (Å²) in [5.41, 5.74) is 0.382. The molecule has 0 fully saturated rings. The standard InChI is InChI=1S/C16H18N2O6S/c1-11-4-9-14(24-11)16(20)23-10-15(19)17-12-5-7-13(8-6-12)25(21,22)18(2)3/h4-9H,10H2,1-3H3,(H,17,19). The van der Waals surface area contributed by atoms with Crippen molar-refractivity contribution in [1.29, 1.82) is 0 Å². The maximum absolute atomic E-state index is 12.0. The van der Waals surface area contributed by atoms with Crippen molar-refractivity contribution in [2.24, 2.45) is 0 Å². The van der Waals surface area contributed by atoms with Crippen molar-refractivity contribution >= 4 is 27.6 Å². The van der Waals surface area contributed by atoms with Crippen molar-refractivity contribution in [2.45, 2.75) is 11.8 Å². The van der Waals surface area contributed by atoms with Crippen molar-refractivity contribution in [3.63, 3.8) is 0 Å². The predicted molar refractivity (Wildman–Crippen MR) is 89.7 cm³/mol. The number of anilines is 1. The van der Waals surface area contributed by atoms with Crippen LogP contribution in [-0.4, -0.2) is 45.3 Å². The normalized spacial score (nSPS) is 11.4. The van der Waals surface area contributed by atoms with Gasteiger partial charge in [0.05, 0.1) is 4.90 Å². The lowest BCUT2D eigenvalue weighted by molar-refractivity contribution is -0.119. The Morgan fingerprint density at radius 1 is 1.12 bits per heavy atom. The zero-order chi connectivity index (χ0) is 18.6. The number of nitrogens with one attached hydrogen (secondary N) is 1. The monoisotopic (exact) mass is 366 g/mol. The van der Waals surface area contributed by atoms with E-state index in [1.165, 1.54) is 44.4 Å². The molecule has 134 valence electrons. The second kappa shape index (κ2) is 7.49. The second-order valence-corrected chi connectivity index (χ2v) is 7.50. The van der Waals surface area contributed by atoms with Gasteiger partial charge in [0.15, 0.2) is 6.61 Å². The van der Waals surface area contributed by atoms with E-state index in [2.05, 4.69) is 5.32 Å². The molecule has 0 aliphatic carbocycles. The number of furan rings is 1. The van der Waals surface area contributed by atoms with Gasteiger partial charge in [-0.1, -0.05) is 0 Å². The molecular weight excluding hydrogens is 348 g/mol. The van der Waals surface area contributed by atoms with E-state index in [0.29, 0.717) is 11.4 Å². The average Bonchev–Trinajstić information content (AvgIpc) is 2.99. The van der Waals surface area contributed by atoms with Crippen molar-refractivity contribution in [3.8, 4) is 0 Å². The molecule has 0 radical (unpaired) electrons. The van der Waals surface area contributed by atoms with Crippen LogP contribution in [0, 0.1) is 6.92 Å². The Morgan fingerprint density at radius 3 is 2.28 bits per heavy atom. The van der Waals surface area contributed by atoms with E-state index in [1.807, 2.05) is 0 Å². The van der Waals surface area contributed by atoms with Gasteiger partial charge in [0.1, 0.15) is 5.76 Å². The molecule has 0 saturated heterocycles. The Morgan fingerprint density at radius 2 is 1.76 bits per heavy atom. The summed E-state index contributed by atoms with van der Waals surface area (Å²) in [5, 5.41) is 2.51. The van der Waals surface area contributed by atoms with E-state index in [-0.39, 0.29) is 10.7 Å². The minimum atomic E-state index is -3.53. The summed E-state index contributed by atoms with van der Waals surface area (Å²) in [4.78, 5) is 23.6. The van der Waals surface area contributed by atoms with E-state index < -0.39 is 28.5 Å². The third kappa shape index (κ3) is 4.68. The summed E-state index contributed by atoms with van der Waals surface area (Å²) in [6.07, 6.45) is 0. The van der Waals surface area contributed by atoms with Crippen molar-refractivity contribution in [2.75, 3.05) is 26.0 Å². The number of ether oxygens (including phenoxy) is 1. The van der Waals surface area contributed by atoms with Gasteiger partial charge in [-0.15, -0.1) is 0 Å². The van der Waals surface area contributed by atoms with Gasteiger partial charge in [0, 0.05) is 19.8 Å². The fraction of sp³-hybridized carbons (Fsp3) is 0.250. The number of amides is 1. The third-order valence-corrected chi connectivity index (χ3v) is 5.02. The van der Waals surface area contributed by atoms with Gasteiger partial charge >= 0.3 is 5.97 Å². The van der Waals surface area contributed by atoms with Gasteiger partial charge in [0.25, 0.3) is 5.91 Å². The lowest BCUT2D eigenvalue weighted by atomic mass is 10.3. The summed E-state index contributed by atoms with van der Waals surface area (Å²) < 4.78 is 34.9. The Kier molecular flexibility index (Phi) is 5.60. The average molecular weight is 366 g/mol. The number of rotatable bonds is 6. The summed E-state index contributed by atoms with van der Waals surface area (Å²) >= 11 is 0. The smallest absolute Gasteiger partial charge is 0.374 e. The summed E-state index contributed by atoms with van der Waals surface area (Å²) in [7, 11) is -0.671. The molecule has 9 heteroatoms. The lowest BCUT2D eigenvalue weighted by Gasteiger charge is -2.12. The van der Waals surface area contributed by atoms with E-state index in [0.717, 1.165) is 4.31 Å². The number of carbonyl (C=O) groups is 2. The zero-order valence-corrected chi connectivity index (χ0v) is 14.8. The highest BCUT2D eigenvalue weighted by Gasteiger charge is 2.17. The van der Waals surface area contributed by atoms with Crippen molar-refractivity contribution in [1.82, 2.24) is 4.31 Å². The number of benzene rings is 1. The Hall–Kier alpha value is -2.65. The van der Waals surface area contributed by atoms with Crippen LogP contribution in [-0.2, 0) is 19.6 Å². The SMILES string of the molecule is Cc1ccc(C(=O)OCC(=O)Nc2ccc(S(=O)(=O)N(C)C)cc2)o1. The molecule has 1 heterocycles. The first-order valence-corrected chi connectivity index (χ1v) is 8.70. The third-order valence-electron chi connectivity index (χ3n) is 3.19. The first kappa shape index (κ1) is 18.7. The Balaban J connectivity index is 1.91. The van der Waals surface area contributed by atoms with Gasteiger partial charge < -0.3 is 14.5 Å². The topological polar surface area (TPSA) is 106 Å². The zero-order valence-electron chi connectivity index (χ0n) is 14.0. The predicted octanol–water partition coefficient (Wildman–Crippen LogP) is 1.63. The molecule has 1 amide bonds. The van der Waals surface area contributed by atoms with Crippen LogP contribution in [0.15, 0.2) is 45.7 Å². The van der Waals surface area contributed by atoms with Gasteiger partial charge in [-0.05, 0) is 43.3 Å². The van der Waals surface area contributed by atoms with E-state index in [9.17, 15) is 18.0 Å². The minimum Gasteiger partial charge on any atom is -0.454 e. The summed E-state index contributed by atoms with van der Waals surface area (Å²) in [5.74, 6) is -0.719. The van der Waals surface area contributed by atoms with Crippen LogP contribution >= 0.6 is 0 Å². The number of sulfonamides is 1. The van der Waals surface area contributed by atoms with Crippen LogP contribution in [0.25, 0.3) is 0 Å². The van der Waals surface area contributed by atoms with Crippen LogP contribution in [0.2, 0.25) is 0 Å². The molecule has 0 aliphatic heterocycles. The molecule has 2 rings (SSSR count). The lowest BCUT2D eigenvalue weighted by Crippen LogP contribution is -2.22. The molecule has 0 unspecified atom stereocenters. The molecule has 0 spiro atoms. The summed E-state index contributed by atoms with van der Waals surface area (Å²) in [6, 6.07) is 8.72. The summed E-state index contributed by atoms with van der Waals surface area (Å²) in [6.45, 7) is 1.19. The van der Waals surface area contributed by atoms with Crippen LogP contribution in [0.1, 0.15) is 16.3 Å². The van der Waals surface area contributed by atoms with Crippen molar-refractivity contribution in [3.05, 3.63) is 47.9 Å². The minimum absolute atomic E-state index is 0.0172. The van der Waals surface area contributed by atoms with Crippen molar-refractivity contribution < 1.29 is 27.2 Å². The highest BCUT2D eigenvalue weighted by Crippen LogP contribution is 2.16. The molecule has 1 N–H and O–H groups in total. The van der Waals surface area contributed by atoms with E-state index >= 15 is 0 Å². The highest BCUT2D eigenvalue weighted by molar-refractivity contribution is 7.89. The largest absolute Gasteiger partial charge is 0.454 e. The molecule has 2 aromatic rings. The molecule has 1 aromatic heterocycles. The number of hydrogen-bond acceptors (Lipinski definition) is 6. The molecule has 0 saturated carbocycles. The maximum atomic E-state index is 12.0. The molecule has 0 bridgehead atoms. The van der Waals surface area contributed by atoms with Crippen LogP contribution in [0.4, 0.5) is 5.69 Å². The van der Waals surface area contributed by atoms with Gasteiger partial charge in [0.2, 0.25) is 15.8 Å². The van der Waals surface area contributed by atoms with Gasteiger partial charge in [-0.3, -0.25) is 4.79 Å². The second-order valence-electron chi connectivity index (χ2n) is 5.35. The molecule has 0 aliphatic rings. The van der Waals surface area contributed by atoms with Gasteiger partial charge in [-0.25, -0.2) is 17.5 Å². The number of hydrogen-bond donors (Lipinski definition) is 1. The molecule has 1 aromatic carbocycles. The quantitative estimate of drug-likeness (QED) is 0.779. The van der Waals surface area contributed by atoms with E-state index in [4.69, 9.17) is 9.15 Å². The van der Waals surface area contributed by atoms with E-state index in [1.54, 1.807) is 13.0 Å². The maximum Gasteiger partial charge on any atom is 0.374 e. The first-order valence-electron chi connectivity index (χ1n) is 7.26. The molecule has 8 nitrogen and oxygen atoms in total. The van der Waals surface area contributed by atoms with Crippen LogP contribution in [0.3, 0.4) is 0 Å². The number of aryl methyl sites for hydroxylation is 1.